The summed E-state index contributed by atoms with van der Waals surface area (Å²) in [5.74, 6) is 0. The third-order valence-electron chi connectivity index (χ3n) is 3.21. The fourth-order valence-electron chi connectivity index (χ4n) is 2.38. The van der Waals surface area contributed by atoms with Crippen molar-refractivity contribution in [3.63, 3.8) is 0 Å². The highest BCUT2D eigenvalue weighted by Gasteiger charge is 2.32. The summed E-state index contributed by atoms with van der Waals surface area (Å²) in [6.07, 6.45) is 4.45. The quantitative estimate of drug-likeness (QED) is 0.281. The lowest BCUT2D eigenvalue weighted by molar-refractivity contribution is 0.515. The smallest absolute Gasteiger partial charge is 0.187 e. The second-order valence-corrected chi connectivity index (χ2v) is 15.5. The molecule has 7 heteroatoms. The number of nitrogens with one attached hydrogen (secondary N) is 4. The lowest BCUT2D eigenvalue weighted by atomic mass is 10.4. The van der Waals surface area contributed by atoms with Crippen LogP contribution in [0.3, 0.4) is 0 Å². The summed E-state index contributed by atoms with van der Waals surface area (Å²) in [5.41, 5.74) is 0. The zero-order valence-electron chi connectivity index (χ0n) is 15.1. The van der Waals surface area contributed by atoms with Crippen molar-refractivity contribution in [1.82, 2.24) is 21.3 Å². The van der Waals surface area contributed by atoms with Crippen LogP contribution >= 0.6 is 0 Å². The minimum Gasteiger partial charge on any atom is -0.454 e. The first-order valence-corrected chi connectivity index (χ1v) is 14.5. The second kappa shape index (κ2) is 11.8. The Kier molecular flexibility index (Phi) is 11.9. The third kappa shape index (κ3) is 13.6. The molecule has 0 fully saturated rings. The highest BCUT2D eigenvalue weighted by atomic mass is 28.4. The maximum absolute atomic E-state index is 6.56. The van der Waals surface area contributed by atoms with Crippen molar-refractivity contribution in [2.24, 2.45) is 0 Å². The van der Waals surface area contributed by atoms with Crippen LogP contribution in [0, 0.1) is 0 Å². The van der Waals surface area contributed by atoms with Crippen molar-refractivity contribution in [3.05, 3.63) is 0 Å². The molecule has 0 heterocycles. The Morgan fingerprint density at radius 2 is 1.05 bits per heavy atom. The highest BCUT2D eigenvalue weighted by molar-refractivity contribution is 6.85. The van der Waals surface area contributed by atoms with Gasteiger partial charge in [0.1, 0.15) is 0 Å². The molecular weight excluding hydrogens is 296 g/mol. The predicted molar refractivity (Wildman–Crippen MR) is 98.9 cm³/mol. The van der Waals surface area contributed by atoms with Crippen LogP contribution in [0.5, 0.6) is 0 Å². The van der Waals surface area contributed by atoms with E-state index in [1.165, 1.54) is 12.8 Å². The molecule has 0 aliphatic heterocycles. The molecule has 21 heavy (non-hydrogen) atoms. The van der Waals surface area contributed by atoms with Gasteiger partial charge in [-0.1, -0.05) is 0 Å². The Morgan fingerprint density at radius 3 is 1.38 bits per heavy atom. The average Bonchev–Trinajstić information content (AvgIpc) is 2.36. The first kappa shape index (κ1) is 21.2. The Bertz CT molecular complexity index is 229. The molecule has 0 aromatic heterocycles. The molecule has 0 aliphatic rings. The first-order valence-electron chi connectivity index (χ1n) is 8.24. The lowest BCUT2D eigenvalue weighted by Gasteiger charge is -2.34. The number of hydrogen-bond donors (Lipinski definition) is 4. The molecule has 0 saturated heterocycles. The zero-order chi connectivity index (χ0) is 16.2. The molecule has 0 atom stereocenters. The van der Waals surface area contributed by atoms with Crippen LogP contribution in [-0.2, 0) is 4.12 Å². The Labute approximate surface area is 134 Å². The van der Waals surface area contributed by atoms with Crippen LogP contribution in [0.2, 0.25) is 26.2 Å². The minimum atomic E-state index is -1.60. The van der Waals surface area contributed by atoms with Crippen molar-refractivity contribution in [2.45, 2.75) is 39.0 Å². The fourth-order valence-corrected chi connectivity index (χ4v) is 10.5. The van der Waals surface area contributed by atoms with Gasteiger partial charge in [-0.15, -0.1) is 0 Å². The van der Waals surface area contributed by atoms with E-state index in [-0.39, 0.29) is 0 Å². The molecule has 0 aromatic carbocycles. The van der Waals surface area contributed by atoms with Gasteiger partial charge >= 0.3 is 0 Å². The van der Waals surface area contributed by atoms with Gasteiger partial charge in [-0.25, -0.2) is 0 Å². The summed E-state index contributed by atoms with van der Waals surface area (Å²) in [7, 11) is 0.806. The van der Waals surface area contributed by atoms with Gasteiger partial charge in [0.05, 0.1) is 0 Å². The minimum absolute atomic E-state index is 1.05. The van der Waals surface area contributed by atoms with Gasteiger partial charge < -0.3 is 25.4 Å². The molecule has 0 spiro atoms. The van der Waals surface area contributed by atoms with Gasteiger partial charge in [-0.3, -0.25) is 0 Å². The van der Waals surface area contributed by atoms with Gasteiger partial charge in [0.25, 0.3) is 0 Å². The van der Waals surface area contributed by atoms with Crippen LogP contribution in [0.4, 0.5) is 0 Å². The summed E-state index contributed by atoms with van der Waals surface area (Å²) in [6, 6.07) is 0. The van der Waals surface area contributed by atoms with Crippen molar-refractivity contribution in [3.8, 4) is 0 Å². The van der Waals surface area contributed by atoms with E-state index >= 15 is 0 Å². The molecular formula is C14H38N4OSi2. The van der Waals surface area contributed by atoms with Gasteiger partial charge in [0, 0.05) is 12.3 Å². The normalized spacial score (nSPS) is 12.9. The number of hydrogen-bond acceptors (Lipinski definition) is 5. The van der Waals surface area contributed by atoms with Gasteiger partial charge in [0.2, 0.25) is 0 Å². The Morgan fingerprint density at radius 1 is 0.667 bits per heavy atom. The van der Waals surface area contributed by atoms with E-state index in [2.05, 4.69) is 47.5 Å². The van der Waals surface area contributed by atoms with Crippen LogP contribution in [0.25, 0.3) is 0 Å². The molecule has 0 bridgehead atoms. The van der Waals surface area contributed by atoms with Gasteiger partial charge in [0.15, 0.2) is 16.6 Å². The van der Waals surface area contributed by atoms with Crippen molar-refractivity contribution < 1.29 is 4.12 Å². The molecule has 0 radical (unpaired) electrons. The molecule has 5 nitrogen and oxygen atoms in total. The van der Waals surface area contributed by atoms with Crippen molar-refractivity contribution in [2.75, 3.05) is 52.6 Å². The molecule has 0 amide bonds. The summed E-state index contributed by atoms with van der Waals surface area (Å²) in [6.45, 7) is 13.6. The van der Waals surface area contributed by atoms with Crippen LogP contribution in [0.15, 0.2) is 0 Å². The zero-order valence-corrected chi connectivity index (χ0v) is 17.1. The molecule has 0 unspecified atom stereocenters. The van der Waals surface area contributed by atoms with E-state index in [0.717, 1.165) is 38.5 Å². The molecule has 4 N–H and O–H groups in total. The lowest BCUT2D eigenvalue weighted by Crippen LogP contribution is -2.55. The van der Waals surface area contributed by atoms with E-state index in [1.807, 2.05) is 14.1 Å². The molecule has 128 valence electrons. The van der Waals surface area contributed by atoms with E-state index in [4.69, 9.17) is 4.12 Å². The Hall–Kier alpha value is 0.234. The van der Waals surface area contributed by atoms with E-state index < -0.39 is 16.6 Å². The van der Waals surface area contributed by atoms with Crippen molar-refractivity contribution in [1.29, 1.82) is 0 Å². The van der Waals surface area contributed by atoms with Gasteiger partial charge in [-0.05, 0) is 79.3 Å². The maximum atomic E-state index is 6.56. The SMILES string of the molecule is CNCCCNC[Si](C)(C)O[Si](C)(C)CNCCCNC. The summed E-state index contributed by atoms with van der Waals surface area (Å²) >= 11 is 0. The van der Waals surface area contributed by atoms with Crippen LogP contribution in [-0.4, -0.2) is 69.2 Å². The fraction of sp³-hybridized carbons (Fsp3) is 1.00. The van der Waals surface area contributed by atoms with Crippen LogP contribution in [0.1, 0.15) is 12.8 Å². The average molecular weight is 335 g/mol. The largest absolute Gasteiger partial charge is 0.454 e. The van der Waals surface area contributed by atoms with Crippen molar-refractivity contribution >= 4 is 16.6 Å². The second-order valence-electron chi connectivity index (χ2n) is 6.89. The highest BCUT2D eigenvalue weighted by Crippen LogP contribution is 2.13. The van der Waals surface area contributed by atoms with Gasteiger partial charge in [-0.2, -0.15) is 0 Å². The standard InChI is InChI=1S/C14H38N4OSi2/c1-15-9-7-11-17-13-20(3,4)19-21(5,6)14-18-12-8-10-16-2/h15-18H,7-14H2,1-6H3. The molecule has 0 aliphatic carbocycles. The molecule has 0 saturated carbocycles. The third-order valence-corrected chi connectivity index (χ3v) is 9.84. The molecule has 0 aromatic rings. The summed E-state index contributed by atoms with van der Waals surface area (Å²) < 4.78 is 6.56. The number of rotatable bonds is 14. The summed E-state index contributed by atoms with van der Waals surface area (Å²) in [4.78, 5) is 0. The topological polar surface area (TPSA) is 57.4 Å². The van der Waals surface area contributed by atoms with Crippen LogP contribution < -0.4 is 21.3 Å². The first-order chi connectivity index (χ1) is 9.83. The Balaban J connectivity index is 3.87. The van der Waals surface area contributed by atoms with E-state index in [1.54, 1.807) is 0 Å². The van der Waals surface area contributed by atoms with E-state index in [9.17, 15) is 0 Å². The summed E-state index contributed by atoms with van der Waals surface area (Å²) in [5, 5.41) is 13.5. The monoisotopic (exact) mass is 334 g/mol. The predicted octanol–water partition coefficient (Wildman–Crippen LogP) is 0.890. The maximum Gasteiger partial charge on any atom is 0.187 e. The molecule has 0 rings (SSSR count). The van der Waals surface area contributed by atoms with E-state index in [0.29, 0.717) is 0 Å².